The highest BCUT2D eigenvalue weighted by atomic mass is 16.5. The van der Waals surface area contributed by atoms with Gasteiger partial charge in [-0.15, -0.1) is 0 Å². The van der Waals surface area contributed by atoms with Gasteiger partial charge in [0.05, 0.1) is 6.10 Å². The summed E-state index contributed by atoms with van der Waals surface area (Å²) in [5.74, 6) is 1.57. The van der Waals surface area contributed by atoms with Gasteiger partial charge in [0, 0.05) is 0 Å². The molecule has 1 aromatic carbocycles. The molecule has 0 aliphatic rings. The molecule has 20 heavy (non-hydrogen) atoms. The van der Waals surface area contributed by atoms with E-state index in [-0.39, 0.29) is 6.10 Å². The van der Waals surface area contributed by atoms with Crippen molar-refractivity contribution >= 4 is 0 Å². The van der Waals surface area contributed by atoms with Crippen LogP contribution in [-0.2, 0) is 6.42 Å². The summed E-state index contributed by atoms with van der Waals surface area (Å²) < 4.78 is 5.66. The van der Waals surface area contributed by atoms with E-state index in [9.17, 15) is 0 Å². The summed E-state index contributed by atoms with van der Waals surface area (Å²) in [5, 5.41) is 0. The largest absolute Gasteiger partial charge is 0.491 e. The van der Waals surface area contributed by atoms with Crippen LogP contribution in [0.2, 0.25) is 0 Å². The SMILES string of the molecule is CCCCC/C=C\C(C)Cc1ccc(OC(C)C)cc1. The third-order valence-electron chi connectivity index (χ3n) is 3.29. The summed E-state index contributed by atoms with van der Waals surface area (Å²) in [4.78, 5) is 0. The molecule has 0 fully saturated rings. The summed E-state index contributed by atoms with van der Waals surface area (Å²) in [6.45, 7) is 8.65. The highest BCUT2D eigenvalue weighted by Gasteiger charge is 2.01. The van der Waals surface area contributed by atoms with E-state index in [2.05, 4.69) is 64.1 Å². The van der Waals surface area contributed by atoms with E-state index in [1.165, 1.54) is 31.2 Å². The zero-order valence-corrected chi connectivity index (χ0v) is 13.6. The number of unbranched alkanes of at least 4 members (excludes halogenated alkanes) is 3. The molecule has 112 valence electrons. The van der Waals surface area contributed by atoms with Crippen LogP contribution in [0.15, 0.2) is 36.4 Å². The summed E-state index contributed by atoms with van der Waals surface area (Å²) in [7, 11) is 0. The van der Waals surface area contributed by atoms with Crippen molar-refractivity contribution in [1.29, 1.82) is 0 Å². The summed E-state index contributed by atoms with van der Waals surface area (Å²) >= 11 is 0. The van der Waals surface area contributed by atoms with Crippen molar-refractivity contribution in [2.75, 3.05) is 0 Å². The normalized spacial score (nSPS) is 13.1. The van der Waals surface area contributed by atoms with Crippen molar-refractivity contribution in [3.05, 3.63) is 42.0 Å². The first kappa shape index (κ1) is 16.8. The third-order valence-corrected chi connectivity index (χ3v) is 3.29. The van der Waals surface area contributed by atoms with Crippen LogP contribution in [0.3, 0.4) is 0 Å². The Morgan fingerprint density at radius 3 is 2.35 bits per heavy atom. The Kier molecular flexibility index (Phi) is 8.10. The molecule has 0 amide bonds. The van der Waals surface area contributed by atoms with Gasteiger partial charge in [0.1, 0.15) is 5.75 Å². The number of ether oxygens (including phenoxy) is 1. The second kappa shape index (κ2) is 9.63. The predicted molar refractivity (Wildman–Crippen MR) is 88.4 cm³/mol. The Bertz CT molecular complexity index is 375. The van der Waals surface area contributed by atoms with Gasteiger partial charge in [-0.3, -0.25) is 0 Å². The Morgan fingerprint density at radius 1 is 1.05 bits per heavy atom. The van der Waals surface area contributed by atoms with Crippen molar-refractivity contribution in [3.8, 4) is 5.75 Å². The molecule has 1 heteroatoms. The Labute approximate surface area is 125 Å². The minimum atomic E-state index is 0.242. The van der Waals surface area contributed by atoms with E-state index >= 15 is 0 Å². The van der Waals surface area contributed by atoms with Crippen LogP contribution in [-0.4, -0.2) is 6.10 Å². The van der Waals surface area contributed by atoms with Crippen molar-refractivity contribution in [3.63, 3.8) is 0 Å². The number of allylic oxidation sites excluding steroid dienone is 2. The molecule has 1 nitrogen and oxygen atoms in total. The number of rotatable bonds is 9. The maximum atomic E-state index is 5.66. The van der Waals surface area contributed by atoms with E-state index in [1.807, 2.05) is 0 Å². The van der Waals surface area contributed by atoms with Gasteiger partial charge in [0.25, 0.3) is 0 Å². The zero-order valence-electron chi connectivity index (χ0n) is 13.6. The average Bonchev–Trinajstić information content (AvgIpc) is 2.40. The molecule has 0 radical (unpaired) electrons. The lowest BCUT2D eigenvalue weighted by Crippen LogP contribution is -2.05. The van der Waals surface area contributed by atoms with Gasteiger partial charge < -0.3 is 4.74 Å². The Morgan fingerprint density at radius 2 is 1.75 bits per heavy atom. The standard InChI is InChI=1S/C19H30O/c1-5-6-7-8-9-10-17(4)15-18-11-13-19(14-12-18)20-16(2)3/h9-14,16-17H,5-8,15H2,1-4H3/b10-9-. The molecule has 1 rings (SSSR count). The van der Waals surface area contributed by atoms with Gasteiger partial charge >= 0.3 is 0 Å². The lowest BCUT2D eigenvalue weighted by Gasteiger charge is -2.11. The van der Waals surface area contributed by atoms with Crippen LogP contribution < -0.4 is 4.74 Å². The molecule has 1 aromatic rings. The van der Waals surface area contributed by atoms with Gasteiger partial charge in [-0.05, 0) is 56.7 Å². The Balaban J connectivity index is 2.36. The second-order valence-electron chi connectivity index (χ2n) is 5.92. The fraction of sp³-hybridized carbons (Fsp3) is 0.579. The smallest absolute Gasteiger partial charge is 0.119 e. The van der Waals surface area contributed by atoms with Gasteiger partial charge in [-0.25, -0.2) is 0 Å². The first-order chi connectivity index (χ1) is 9.61. The van der Waals surface area contributed by atoms with Crippen LogP contribution >= 0.6 is 0 Å². The van der Waals surface area contributed by atoms with E-state index in [4.69, 9.17) is 4.74 Å². The highest BCUT2D eigenvalue weighted by Crippen LogP contribution is 2.17. The summed E-state index contributed by atoms with van der Waals surface area (Å²) in [6.07, 6.45) is 11.2. The summed E-state index contributed by atoms with van der Waals surface area (Å²) in [5.41, 5.74) is 1.38. The van der Waals surface area contributed by atoms with Crippen LogP contribution in [0.5, 0.6) is 5.75 Å². The summed E-state index contributed by atoms with van der Waals surface area (Å²) in [6, 6.07) is 8.51. The molecule has 0 N–H and O–H groups in total. The molecule has 0 heterocycles. The van der Waals surface area contributed by atoms with Gasteiger partial charge in [-0.2, -0.15) is 0 Å². The topological polar surface area (TPSA) is 9.23 Å². The zero-order chi connectivity index (χ0) is 14.8. The quantitative estimate of drug-likeness (QED) is 0.409. The average molecular weight is 274 g/mol. The third kappa shape index (κ3) is 7.37. The van der Waals surface area contributed by atoms with E-state index in [0.717, 1.165) is 12.2 Å². The van der Waals surface area contributed by atoms with Crippen molar-refractivity contribution < 1.29 is 4.74 Å². The number of hydrogen-bond acceptors (Lipinski definition) is 1. The van der Waals surface area contributed by atoms with Crippen molar-refractivity contribution in [1.82, 2.24) is 0 Å². The first-order valence-electron chi connectivity index (χ1n) is 8.04. The molecule has 0 saturated heterocycles. The molecular formula is C19H30O. The monoisotopic (exact) mass is 274 g/mol. The van der Waals surface area contributed by atoms with E-state index < -0.39 is 0 Å². The highest BCUT2D eigenvalue weighted by molar-refractivity contribution is 5.28. The predicted octanol–water partition coefficient (Wildman–Crippen LogP) is 5.79. The van der Waals surface area contributed by atoms with Crippen LogP contribution in [0.25, 0.3) is 0 Å². The maximum absolute atomic E-state index is 5.66. The molecule has 1 unspecified atom stereocenters. The van der Waals surface area contributed by atoms with E-state index in [1.54, 1.807) is 0 Å². The fourth-order valence-electron chi connectivity index (χ4n) is 2.26. The second-order valence-corrected chi connectivity index (χ2v) is 5.92. The lowest BCUT2D eigenvalue weighted by atomic mass is 10.00. The van der Waals surface area contributed by atoms with Gasteiger partial charge in [-0.1, -0.05) is 51.0 Å². The van der Waals surface area contributed by atoms with Crippen molar-refractivity contribution in [2.45, 2.75) is 65.9 Å². The Hall–Kier alpha value is -1.24. The molecular weight excluding hydrogens is 244 g/mol. The molecule has 0 saturated carbocycles. The number of hydrogen-bond donors (Lipinski definition) is 0. The van der Waals surface area contributed by atoms with E-state index in [0.29, 0.717) is 5.92 Å². The maximum Gasteiger partial charge on any atom is 0.119 e. The minimum absolute atomic E-state index is 0.242. The minimum Gasteiger partial charge on any atom is -0.491 e. The van der Waals surface area contributed by atoms with Gasteiger partial charge in [0.2, 0.25) is 0 Å². The van der Waals surface area contributed by atoms with Crippen LogP contribution in [0, 0.1) is 5.92 Å². The molecule has 1 atom stereocenters. The lowest BCUT2D eigenvalue weighted by molar-refractivity contribution is 0.242. The van der Waals surface area contributed by atoms with Crippen molar-refractivity contribution in [2.24, 2.45) is 5.92 Å². The molecule has 0 spiro atoms. The fourth-order valence-corrected chi connectivity index (χ4v) is 2.26. The molecule has 0 aromatic heterocycles. The molecule has 0 bridgehead atoms. The van der Waals surface area contributed by atoms with Crippen LogP contribution in [0.4, 0.5) is 0 Å². The molecule has 0 aliphatic carbocycles. The van der Waals surface area contributed by atoms with Gasteiger partial charge in [0.15, 0.2) is 0 Å². The first-order valence-corrected chi connectivity index (χ1v) is 8.04. The molecule has 0 aliphatic heterocycles. The van der Waals surface area contributed by atoms with Crippen LogP contribution in [0.1, 0.15) is 58.9 Å². The number of benzene rings is 1.